The Labute approximate surface area is 115 Å². The number of nitrogens with zero attached hydrogens (tertiary/aromatic N) is 2. The number of aryl methyl sites for hydroxylation is 1. The van der Waals surface area contributed by atoms with Crippen molar-refractivity contribution in [2.24, 2.45) is 5.73 Å². The van der Waals surface area contributed by atoms with E-state index in [-0.39, 0.29) is 6.04 Å². The lowest BCUT2D eigenvalue weighted by Crippen LogP contribution is -2.12. The fraction of sp³-hybridized carbons (Fsp3) is 0.250. The molecule has 0 aromatic carbocycles. The summed E-state index contributed by atoms with van der Waals surface area (Å²) in [4.78, 5) is 9.97. The molecule has 0 aliphatic carbocycles. The van der Waals surface area contributed by atoms with Crippen LogP contribution >= 0.6 is 23.6 Å². The first-order valence-corrected chi connectivity index (χ1v) is 6.73. The van der Waals surface area contributed by atoms with Gasteiger partial charge in [0.25, 0.3) is 0 Å². The third kappa shape index (κ3) is 3.02. The van der Waals surface area contributed by atoms with Crippen LogP contribution in [0.3, 0.4) is 0 Å². The van der Waals surface area contributed by atoms with Crippen molar-refractivity contribution in [1.29, 1.82) is 0 Å². The Kier molecular flexibility index (Phi) is 3.88. The second-order valence-electron chi connectivity index (χ2n) is 3.97. The number of nitrogens with two attached hydrogens (primary N) is 1. The van der Waals surface area contributed by atoms with Crippen LogP contribution in [-0.2, 0) is 0 Å². The SMILES string of the molecule is Cc1cnc(C(C)Nc2ccnc(C(N)=S)c2)s1. The Morgan fingerprint density at radius 1 is 1.50 bits per heavy atom. The first-order chi connectivity index (χ1) is 8.56. The van der Waals surface area contributed by atoms with Gasteiger partial charge in [-0.3, -0.25) is 4.98 Å². The zero-order chi connectivity index (χ0) is 13.1. The average molecular weight is 278 g/mol. The van der Waals surface area contributed by atoms with Crippen LogP contribution in [0.15, 0.2) is 24.5 Å². The number of pyridine rings is 1. The van der Waals surface area contributed by atoms with E-state index in [1.165, 1.54) is 4.88 Å². The summed E-state index contributed by atoms with van der Waals surface area (Å²) in [6.07, 6.45) is 3.57. The molecule has 3 N–H and O–H groups in total. The van der Waals surface area contributed by atoms with Crippen molar-refractivity contribution in [2.45, 2.75) is 19.9 Å². The maximum Gasteiger partial charge on any atom is 0.122 e. The molecule has 0 saturated heterocycles. The van der Waals surface area contributed by atoms with Gasteiger partial charge < -0.3 is 11.1 Å². The topological polar surface area (TPSA) is 63.8 Å². The molecule has 2 rings (SSSR count). The molecule has 1 atom stereocenters. The summed E-state index contributed by atoms with van der Waals surface area (Å²) in [5, 5.41) is 4.42. The molecule has 0 amide bonds. The van der Waals surface area contributed by atoms with Gasteiger partial charge >= 0.3 is 0 Å². The molecule has 2 heterocycles. The highest BCUT2D eigenvalue weighted by Gasteiger charge is 2.09. The highest BCUT2D eigenvalue weighted by Crippen LogP contribution is 2.23. The number of thiocarbonyl (C=S) groups is 1. The summed E-state index contributed by atoms with van der Waals surface area (Å²) in [5.74, 6) is 0. The number of nitrogens with one attached hydrogen (secondary N) is 1. The summed E-state index contributed by atoms with van der Waals surface area (Å²) in [5.41, 5.74) is 7.12. The molecule has 1 unspecified atom stereocenters. The average Bonchev–Trinajstić information content (AvgIpc) is 2.76. The van der Waals surface area contributed by atoms with Crippen molar-refractivity contribution < 1.29 is 0 Å². The van der Waals surface area contributed by atoms with Gasteiger partial charge in [0.1, 0.15) is 10.00 Å². The van der Waals surface area contributed by atoms with Crippen molar-refractivity contribution in [1.82, 2.24) is 9.97 Å². The first-order valence-electron chi connectivity index (χ1n) is 5.51. The number of anilines is 1. The van der Waals surface area contributed by atoms with Crippen LogP contribution in [-0.4, -0.2) is 15.0 Å². The van der Waals surface area contributed by atoms with Crippen LogP contribution in [0, 0.1) is 6.92 Å². The predicted octanol–water partition coefficient (Wildman–Crippen LogP) is 2.65. The van der Waals surface area contributed by atoms with E-state index in [4.69, 9.17) is 18.0 Å². The number of aromatic nitrogens is 2. The molecule has 94 valence electrons. The third-order valence-electron chi connectivity index (χ3n) is 2.41. The van der Waals surface area contributed by atoms with E-state index in [0.29, 0.717) is 10.7 Å². The van der Waals surface area contributed by atoms with Gasteiger partial charge in [0.15, 0.2) is 0 Å². The molecular weight excluding hydrogens is 264 g/mol. The molecule has 18 heavy (non-hydrogen) atoms. The fourth-order valence-corrected chi connectivity index (χ4v) is 2.43. The Bertz CT molecular complexity index is 565. The molecular formula is C12H14N4S2. The van der Waals surface area contributed by atoms with Crippen molar-refractivity contribution in [2.75, 3.05) is 5.32 Å². The van der Waals surface area contributed by atoms with Crippen LogP contribution < -0.4 is 11.1 Å². The molecule has 0 radical (unpaired) electrons. The van der Waals surface area contributed by atoms with Crippen LogP contribution in [0.1, 0.15) is 28.5 Å². The van der Waals surface area contributed by atoms with Gasteiger partial charge in [0.2, 0.25) is 0 Å². The lowest BCUT2D eigenvalue weighted by Gasteiger charge is -2.13. The smallest absolute Gasteiger partial charge is 0.122 e. The molecule has 0 bridgehead atoms. The summed E-state index contributed by atoms with van der Waals surface area (Å²) < 4.78 is 0. The van der Waals surface area contributed by atoms with Gasteiger partial charge in [-0.05, 0) is 26.0 Å². The standard InChI is InChI=1S/C12H14N4S2/c1-7-6-15-12(18-7)8(2)16-9-3-4-14-10(5-9)11(13)17/h3-6,8H,1-2H3,(H2,13,17)(H,14,16). The Balaban J connectivity index is 2.14. The minimum absolute atomic E-state index is 0.144. The van der Waals surface area contributed by atoms with Crippen LogP contribution in [0.5, 0.6) is 0 Å². The molecule has 2 aromatic rings. The largest absolute Gasteiger partial charge is 0.388 e. The third-order valence-corrected chi connectivity index (χ3v) is 3.71. The highest BCUT2D eigenvalue weighted by molar-refractivity contribution is 7.80. The van der Waals surface area contributed by atoms with E-state index >= 15 is 0 Å². The van der Waals surface area contributed by atoms with Crippen molar-refractivity contribution in [3.05, 3.63) is 40.1 Å². The van der Waals surface area contributed by atoms with E-state index in [0.717, 1.165) is 10.7 Å². The van der Waals surface area contributed by atoms with Gasteiger partial charge in [0, 0.05) is 23.0 Å². The molecule has 4 nitrogen and oxygen atoms in total. The molecule has 6 heteroatoms. The van der Waals surface area contributed by atoms with Crippen LogP contribution in [0.4, 0.5) is 5.69 Å². The molecule has 0 aliphatic rings. The van der Waals surface area contributed by atoms with Gasteiger partial charge in [-0.25, -0.2) is 4.98 Å². The van der Waals surface area contributed by atoms with Crippen LogP contribution in [0.2, 0.25) is 0 Å². The van der Waals surface area contributed by atoms with Crippen molar-refractivity contribution in [3.63, 3.8) is 0 Å². The number of hydrogen-bond acceptors (Lipinski definition) is 5. The van der Waals surface area contributed by atoms with Gasteiger partial charge in [-0.15, -0.1) is 11.3 Å². The molecule has 0 saturated carbocycles. The minimum atomic E-state index is 0.144. The van der Waals surface area contributed by atoms with Crippen LogP contribution in [0.25, 0.3) is 0 Å². The quantitative estimate of drug-likeness (QED) is 0.842. The predicted molar refractivity (Wildman–Crippen MR) is 79.0 cm³/mol. The van der Waals surface area contributed by atoms with E-state index in [9.17, 15) is 0 Å². The van der Waals surface area contributed by atoms with E-state index in [1.807, 2.05) is 25.3 Å². The highest BCUT2D eigenvalue weighted by atomic mass is 32.1. The molecule has 0 spiro atoms. The monoisotopic (exact) mass is 278 g/mol. The Morgan fingerprint density at radius 3 is 2.89 bits per heavy atom. The van der Waals surface area contributed by atoms with Crippen molar-refractivity contribution in [3.8, 4) is 0 Å². The van der Waals surface area contributed by atoms with Gasteiger partial charge in [0.05, 0.1) is 11.7 Å². The zero-order valence-corrected chi connectivity index (χ0v) is 11.8. The number of thiazole rings is 1. The first kappa shape index (κ1) is 12.9. The number of rotatable bonds is 4. The Morgan fingerprint density at radius 2 is 2.28 bits per heavy atom. The van der Waals surface area contributed by atoms with E-state index in [1.54, 1.807) is 17.5 Å². The second kappa shape index (κ2) is 5.41. The number of hydrogen-bond donors (Lipinski definition) is 2. The van der Waals surface area contributed by atoms with Gasteiger partial charge in [-0.2, -0.15) is 0 Å². The van der Waals surface area contributed by atoms with Crippen molar-refractivity contribution >= 4 is 34.2 Å². The minimum Gasteiger partial charge on any atom is -0.388 e. The summed E-state index contributed by atoms with van der Waals surface area (Å²) >= 11 is 6.60. The Hall–Kier alpha value is -1.53. The lowest BCUT2D eigenvalue weighted by molar-refractivity contribution is 0.869. The lowest BCUT2D eigenvalue weighted by atomic mass is 10.2. The maximum absolute atomic E-state index is 5.56. The summed E-state index contributed by atoms with van der Waals surface area (Å²) in [6.45, 7) is 4.12. The molecule has 0 fully saturated rings. The molecule has 0 aliphatic heterocycles. The van der Waals surface area contributed by atoms with E-state index in [2.05, 4.69) is 22.2 Å². The van der Waals surface area contributed by atoms with Gasteiger partial charge in [-0.1, -0.05) is 12.2 Å². The maximum atomic E-state index is 5.56. The summed E-state index contributed by atoms with van der Waals surface area (Å²) in [6, 6.07) is 3.88. The second-order valence-corrected chi connectivity index (χ2v) is 5.68. The summed E-state index contributed by atoms with van der Waals surface area (Å²) in [7, 11) is 0. The molecule has 2 aromatic heterocycles. The normalized spacial score (nSPS) is 12.1. The van der Waals surface area contributed by atoms with E-state index < -0.39 is 0 Å². The zero-order valence-electron chi connectivity index (χ0n) is 10.2. The fourth-order valence-electron chi connectivity index (χ4n) is 1.54.